The van der Waals surface area contributed by atoms with E-state index in [9.17, 15) is 5.11 Å². The summed E-state index contributed by atoms with van der Waals surface area (Å²) in [6.07, 6.45) is -2.70. The molecule has 1 aliphatic heterocycles. The van der Waals surface area contributed by atoms with E-state index in [0.29, 0.717) is 25.2 Å². The molecule has 1 aliphatic rings. The highest BCUT2D eigenvalue weighted by molar-refractivity contribution is 7.19. The van der Waals surface area contributed by atoms with Gasteiger partial charge in [-0.25, -0.2) is 0 Å². The zero-order valence-corrected chi connectivity index (χ0v) is 35.5. The summed E-state index contributed by atoms with van der Waals surface area (Å²) in [6.45, 7) is 1.22. The number of benzene rings is 7. The van der Waals surface area contributed by atoms with E-state index in [4.69, 9.17) is 28.4 Å². The van der Waals surface area contributed by atoms with Gasteiger partial charge in [0.1, 0.15) is 30.2 Å². The van der Waals surface area contributed by atoms with Gasteiger partial charge < -0.3 is 33.5 Å². The van der Waals surface area contributed by atoms with Gasteiger partial charge in [0.2, 0.25) is 5.79 Å². The predicted octanol–water partition coefficient (Wildman–Crippen LogP) is 11.2. The smallest absolute Gasteiger partial charge is 0.223 e. The van der Waals surface area contributed by atoms with E-state index < -0.39 is 30.2 Å². The third kappa shape index (κ3) is 9.68. The molecule has 7 nitrogen and oxygen atoms in total. The molecular formula is C54H50O7S. The molecule has 1 aromatic heterocycles. The normalized spacial score (nSPS) is 20.1. The minimum absolute atomic E-state index is 0.121. The number of aliphatic hydroxyl groups is 1. The van der Waals surface area contributed by atoms with Gasteiger partial charge in [-0.1, -0.05) is 152 Å². The van der Waals surface area contributed by atoms with Crippen molar-refractivity contribution in [1.29, 1.82) is 0 Å². The van der Waals surface area contributed by atoms with Crippen molar-refractivity contribution < 1.29 is 33.5 Å². The summed E-state index contributed by atoms with van der Waals surface area (Å²) >= 11 is 1.75. The van der Waals surface area contributed by atoms with Crippen molar-refractivity contribution >= 4 is 32.2 Å². The van der Waals surface area contributed by atoms with E-state index in [1.165, 1.54) is 9.58 Å². The van der Waals surface area contributed by atoms with Crippen LogP contribution in [0.1, 0.15) is 38.3 Å². The monoisotopic (exact) mass is 842 g/mol. The molecule has 5 atom stereocenters. The average Bonchev–Trinajstić information content (AvgIpc) is 3.72. The molecule has 0 radical (unpaired) electrons. The van der Waals surface area contributed by atoms with Gasteiger partial charge in [-0.2, -0.15) is 0 Å². The first kappa shape index (κ1) is 41.7. The highest BCUT2D eigenvalue weighted by Crippen LogP contribution is 2.45. The maximum absolute atomic E-state index is 13.7. The van der Waals surface area contributed by atoms with Crippen molar-refractivity contribution in [2.75, 3.05) is 13.7 Å². The molecule has 1 fully saturated rings. The van der Waals surface area contributed by atoms with Gasteiger partial charge in [0.15, 0.2) is 0 Å². The second-order valence-electron chi connectivity index (χ2n) is 15.8. The van der Waals surface area contributed by atoms with Crippen molar-refractivity contribution in [3.63, 3.8) is 0 Å². The van der Waals surface area contributed by atoms with Crippen LogP contribution in [0.5, 0.6) is 5.75 Å². The quantitative estimate of drug-likeness (QED) is 0.0978. The Balaban J connectivity index is 1.16. The summed E-state index contributed by atoms with van der Waals surface area (Å²) in [6, 6.07) is 60.9. The van der Waals surface area contributed by atoms with Crippen molar-refractivity contribution in [1.82, 2.24) is 0 Å². The Kier molecular flexibility index (Phi) is 13.2. The lowest BCUT2D eigenvalue weighted by Gasteiger charge is -2.50. The predicted molar refractivity (Wildman–Crippen MR) is 245 cm³/mol. The van der Waals surface area contributed by atoms with Crippen LogP contribution in [0.15, 0.2) is 182 Å². The summed E-state index contributed by atoms with van der Waals surface area (Å²) in [4.78, 5) is 1.19. The number of fused-ring (bicyclic) bond motifs is 2. The van der Waals surface area contributed by atoms with Gasteiger partial charge in [-0.05, 0) is 74.3 Å². The minimum atomic E-state index is -2.02. The SMILES string of the molecule is COc1ccc2sc(Cc3cc(C4(O)O[C@H](COCc5ccccc5)[C@H](OCc5ccccc5)[C@@H](OCc5ccccc5)[C@H]4OCc4ccccc4)c4ccccc4c3)cc2c1. The van der Waals surface area contributed by atoms with E-state index in [1.54, 1.807) is 18.4 Å². The molecule has 0 amide bonds. The van der Waals surface area contributed by atoms with Crippen LogP contribution in [0.25, 0.3) is 20.9 Å². The second kappa shape index (κ2) is 19.6. The molecule has 8 aromatic rings. The molecule has 2 heterocycles. The zero-order valence-electron chi connectivity index (χ0n) is 34.7. The van der Waals surface area contributed by atoms with Crippen LogP contribution < -0.4 is 4.74 Å². The van der Waals surface area contributed by atoms with E-state index in [-0.39, 0.29) is 19.8 Å². The van der Waals surface area contributed by atoms with Gasteiger partial charge in [-0.3, -0.25) is 0 Å². The van der Waals surface area contributed by atoms with Gasteiger partial charge in [-0.15, -0.1) is 11.3 Å². The molecule has 62 heavy (non-hydrogen) atoms. The number of methoxy groups -OCH3 is 1. The molecule has 0 bridgehead atoms. The first-order valence-electron chi connectivity index (χ1n) is 21.1. The number of hydrogen-bond acceptors (Lipinski definition) is 8. The zero-order chi connectivity index (χ0) is 42.1. The molecule has 1 unspecified atom stereocenters. The average molecular weight is 843 g/mol. The molecule has 7 aromatic carbocycles. The highest BCUT2D eigenvalue weighted by atomic mass is 32.1. The van der Waals surface area contributed by atoms with Crippen LogP contribution in [0, 0.1) is 0 Å². The van der Waals surface area contributed by atoms with Gasteiger partial charge in [0.25, 0.3) is 0 Å². The van der Waals surface area contributed by atoms with Crippen LogP contribution >= 0.6 is 11.3 Å². The third-order valence-electron chi connectivity index (χ3n) is 11.4. The van der Waals surface area contributed by atoms with Crippen LogP contribution in [0.3, 0.4) is 0 Å². The van der Waals surface area contributed by atoms with E-state index in [1.807, 2.05) is 146 Å². The second-order valence-corrected chi connectivity index (χ2v) is 16.9. The Labute approximate surface area is 367 Å². The topological polar surface area (TPSA) is 75.6 Å². The van der Waals surface area contributed by atoms with Crippen LogP contribution in [-0.4, -0.2) is 43.2 Å². The van der Waals surface area contributed by atoms with Crippen LogP contribution in [0.2, 0.25) is 0 Å². The number of hydrogen-bond donors (Lipinski definition) is 1. The van der Waals surface area contributed by atoms with E-state index >= 15 is 0 Å². The molecule has 314 valence electrons. The van der Waals surface area contributed by atoms with Crippen molar-refractivity contribution in [3.05, 3.63) is 220 Å². The standard InChI is InChI=1S/C54H50O7S/c1-56-45-26-27-50-44(31-45)32-46(62-50)29-42-28-43-24-14-15-25-47(43)48(30-42)54(55)53(60-36-41-22-12-5-13-23-41)52(59-35-40-20-10-4-11-21-40)51(58-34-39-18-8-3-9-19-39)49(61-54)37-57-33-38-16-6-2-7-17-38/h2-28,30-32,49,51-53,55H,29,33-37H2,1H3/t49-,51+,52-,53-,54?/m1/s1. The lowest BCUT2D eigenvalue weighted by Crippen LogP contribution is -2.65. The Bertz CT molecular complexity index is 2660. The lowest BCUT2D eigenvalue weighted by atomic mass is 9.84. The van der Waals surface area contributed by atoms with Crippen LogP contribution in [-0.2, 0) is 62.3 Å². The van der Waals surface area contributed by atoms with Gasteiger partial charge >= 0.3 is 0 Å². The van der Waals surface area contributed by atoms with Crippen LogP contribution in [0.4, 0.5) is 0 Å². The lowest BCUT2D eigenvalue weighted by molar-refractivity contribution is -0.378. The molecule has 8 heteroatoms. The summed E-state index contributed by atoms with van der Waals surface area (Å²) in [7, 11) is 1.69. The fourth-order valence-electron chi connectivity index (χ4n) is 8.33. The Morgan fingerprint density at radius 2 is 1.11 bits per heavy atom. The van der Waals surface area contributed by atoms with Gasteiger partial charge in [0, 0.05) is 21.6 Å². The fourth-order valence-corrected chi connectivity index (χ4v) is 9.41. The molecule has 0 saturated carbocycles. The molecule has 9 rings (SSSR count). The Morgan fingerprint density at radius 1 is 0.548 bits per heavy atom. The van der Waals surface area contributed by atoms with E-state index in [2.05, 4.69) is 36.4 Å². The Morgan fingerprint density at radius 3 is 1.74 bits per heavy atom. The maximum atomic E-state index is 13.7. The first-order chi connectivity index (χ1) is 30.5. The summed E-state index contributed by atoms with van der Waals surface area (Å²) in [5.74, 6) is -1.20. The summed E-state index contributed by atoms with van der Waals surface area (Å²) in [5, 5.41) is 16.7. The molecular weight excluding hydrogens is 793 g/mol. The van der Waals surface area contributed by atoms with Crippen molar-refractivity contribution in [3.8, 4) is 5.75 Å². The highest BCUT2D eigenvalue weighted by Gasteiger charge is 2.58. The first-order valence-corrected chi connectivity index (χ1v) is 21.9. The van der Waals surface area contributed by atoms with Crippen molar-refractivity contribution in [2.24, 2.45) is 0 Å². The number of rotatable bonds is 17. The van der Waals surface area contributed by atoms with E-state index in [0.717, 1.165) is 49.7 Å². The van der Waals surface area contributed by atoms with Crippen molar-refractivity contribution in [2.45, 2.75) is 63.1 Å². The minimum Gasteiger partial charge on any atom is -0.497 e. The third-order valence-corrected chi connectivity index (χ3v) is 12.5. The largest absolute Gasteiger partial charge is 0.497 e. The number of ether oxygens (including phenoxy) is 6. The molecule has 0 spiro atoms. The fraction of sp³-hybridized carbons (Fsp3) is 0.222. The maximum Gasteiger partial charge on any atom is 0.223 e. The molecule has 0 aliphatic carbocycles. The number of thiophene rings is 1. The Hall–Kier alpha value is -5.68. The molecule has 1 N–H and O–H groups in total. The molecule has 1 saturated heterocycles. The summed E-state index contributed by atoms with van der Waals surface area (Å²) in [5.41, 5.74) is 5.58. The van der Waals surface area contributed by atoms with Gasteiger partial charge in [0.05, 0.1) is 40.1 Å². The summed E-state index contributed by atoms with van der Waals surface area (Å²) < 4.78 is 41.2.